The molecule has 6 heterocycles. The Morgan fingerprint density at radius 3 is 1.19 bits per heavy atom. The van der Waals surface area contributed by atoms with Gasteiger partial charge in [0.15, 0.2) is 17.3 Å². The number of rotatable bonds is 11. The highest BCUT2D eigenvalue weighted by molar-refractivity contribution is 8.07. The van der Waals surface area contributed by atoms with E-state index in [0.717, 1.165) is 50.1 Å². The van der Waals surface area contributed by atoms with E-state index in [1.807, 2.05) is 44.2 Å². The number of aromatic nitrogens is 12. The molecule has 9 rings (SSSR count). The number of nitrogens with zero attached hydrogens (tertiary/aromatic N) is 11. The number of nitrogens with one attached hydrogen (secondary N) is 1. The molecule has 0 unspecified atom stereocenters. The third kappa shape index (κ3) is 15.1. The van der Waals surface area contributed by atoms with Crippen LogP contribution in [-0.4, -0.2) is 102 Å². The minimum absolute atomic E-state index is 0.0523. The second kappa shape index (κ2) is 23.3. The SMILES string of the molecule is CC(=O)c1n[nH]c2ccc(-c3cnc(C)nc3)cc12.CC(=O)c1nn(CP(=O)(Cl)Cl)c2ccc(-c3cnc(C)nc3)cc12.CC(=O)c1nn(CP(=O)(O)O)c2ccc(-c3cnc(C)nc3)cc12.O=P(O)(O)CCl. The average Bonchev–Trinajstić information content (AvgIpc) is 4.02. The van der Waals surface area contributed by atoms with Crippen molar-refractivity contribution >= 4 is 105 Å². The molecular formula is C45H44Cl3N12O10P3. The number of aromatic amines is 1. The quantitative estimate of drug-likeness (QED) is 0.0457. The summed E-state index contributed by atoms with van der Waals surface area (Å²) in [4.78, 5) is 94.2. The van der Waals surface area contributed by atoms with Crippen LogP contribution in [0.25, 0.3) is 66.1 Å². The summed E-state index contributed by atoms with van der Waals surface area (Å²) in [5.41, 5.74) is 7.43. The van der Waals surface area contributed by atoms with Gasteiger partial charge in [0.2, 0.25) is 0 Å². The number of benzene rings is 3. The lowest BCUT2D eigenvalue weighted by atomic mass is 10.0. The molecular weight excluding hydrogens is 1070 g/mol. The summed E-state index contributed by atoms with van der Waals surface area (Å²) in [5.74, 6) is -1.83. The van der Waals surface area contributed by atoms with E-state index < -0.39 is 32.9 Å². The van der Waals surface area contributed by atoms with E-state index in [4.69, 9.17) is 43.9 Å². The molecule has 0 atom stereocenters. The van der Waals surface area contributed by atoms with Crippen molar-refractivity contribution in [2.24, 2.45) is 0 Å². The molecule has 28 heteroatoms. The van der Waals surface area contributed by atoms with Crippen LogP contribution < -0.4 is 0 Å². The standard InChI is InChI=1S/C15H13Cl2N4O2P.C15H15N4O4P.C14H12N4O.CH4ClO3P/c1-9(22)15-13-5-11(12-6-18-10(2)19-7-12)3-4-14(13)21(20-15)8-24(16,17)23;1-9(20)15-13-5-11(12-6-16-10(2)17-7-12)3-4-14(13)19(18-15)8-24(21,22)23;1-8(19)14-12-5-10(3-4-13(12)17-18-14)11-6-15-9(2)16-7-11;2-1-6(3,4)5/h3-7H,8H2,1-2H3;3-7H,8H2,1-2H3,(H2,21,22,23);3-7H,1-2H3,(H,17,18);1H2,(H2,3,4,5). The van der Waals surface area contributed by atoms with E-state index in [2.05, 4.69) is 50.3 Å². The van der Waals surface area contributed by atoms with Crippen molar-refractivity contribution in [1.29, 1.82) is 0 Å². The molecule has 3 aromatic carbocycles. The van der Waals surface area contributed by atoms with Crippen molar-refractivity contribution in [3.05, 3.63) is 126 Å². The number of ketones is 3. The first-order chi connectivity index (χ1) is 34.2. The number of hydrogen-bond donors (Lipinski definition) is 5. The van der Waals surface area contributed by atoms with E-state index in [-0.39, 0.29) is 35.0 Å². The summed E-state index contributed by atoms with van der Waals surface area (Å²) in [6, 6.07) is 16.5. The summed E-state index contributed by atoms with van der Waals surface area (Å²) in [5, 5.41) is 17.2. The summed E-state index contributed by atoms with van der Waals surface area (Å²) in [6.45, 7) is 9.74. The predicted octanol–water partition coefficient (Wildman–Crippen LogP) is 9.66. The van der Waals surface area contributed by atoms with Crippen molar-refractivity contribution in [2.75, 3.05) is 5.62 Å². The molecule has 0 saturated heterocycles. The molecule has 0 aliphatic rings. The van der Waals surface area contributed by atoms with Crippen molar-refractivity contribution in [3.8, 4) is 33.4 Å². The lowest BCUT2D eigenvalue weighted by Gasteiger charge is -2.06. The first kappa shape index (κ1) is 56.0. The lowest BCUT2D eigenvalue weighted by molar-refractivity contribution is 0.100. The van der Waals surface area contributed by atoms with Crippen molar-refractivity contribution < 1.29 is 47.7 Å². The van der Waals surface area contributed by atoms with Gasteiger partial charge in [-0.25, -0.2) is 29.9 Å². The zero-order valence-corrected chi connectivity index (χ0v) is 44.4. The van der Waals surface area contributed by atoms with Gasteiger partial charge in [0.1, 0.15) is 52.7 Å². The topological polar surface area (TPSA) is 325 Å². The summed E-state index contributed by atoms with van der Waals surface area (Å²) in [6.07, 6.45) is 9.60. The first-order valence-corrected chi connectivity index (χ1v) is 29.1. The Kier molecular flexibility index (Phi) is 17.9. The van der Waals surface area contributed by atoms with E-state index in [1.165, 1.54) is 30.1 Å². The number of hydrogen-bond acceptors (Lipinski definition) is 15. The predicted molar refractivity (Wildman–Crippen MR) is 277 cm³/mol. The van der Waals surface area contributed by atoms with Gasteiger partial charge in [0.25, 0.3) is 5.85 Å². The van der Waals surface area contributed by atoms with Crippen LogP contribution in [0.3, 0.4) is 0 Å². The number of Topliss-reactive ketones (excluding diaryl/α,β-unsaturated/α-hetero) is 3. The molecule has 0 amide bonds. The van der Waals surface area contributed by atoms with Gasteiger partial charge < -0.3 is 19.6 Å². The smallest absolute Gasteiger partial charge is 0.324 e. The minimum Gasteiger partial charge on any atom is -0.324 e. The monoisotopic (exact) mass is 1110 g/mol. The molecule has 6 aromatic heterocycles. The van der Waals surface area contributed by atoms with Gasteiger partial charge in [-0.1, -0.05) is 18.2 Å². The molecule has 0 saturated carbocycles. The zero-order valence-electron chi connectivity index (χ0n) is 39.4. The summed E-state index contributed by atoms with van der Waals surface area (Å²) >= 11 is 16.0. The Morgan fingerprint density at radius 1 is 0.521 bits per heavy atom. The number of halogens is 3. The summed E-state index contributed by atoms with van der Waals surface area (Å²) in [7, 11) is -8.20. The van der Waals surface area contributed by atoms with Crippen LogP contribution in [-0.2, 0) is 26.3 Å². The Hall–Kier alpha value is -6.28. The van der Waals surface area contributed by atoms with Gasteiger partial charge in [-0.15, -0.1) is 11.6 Å². The van der Waals surface area contributed by atoms with Gasteiger partial charge in [-0.3, -0.25) is 42.5 Å². The van der Waals surface area contributed by atoms with Crippen molar-refractivity contribution in [2.45, 2.75) is 54.1 Å². The van der Waals surface area contributed by atoms with Gasteiger partial charge in [0.05, 0.1) is 16.6 Å². The molecule has 0 bridgehead atoms. The maximum atomic E-state index is 11.9. The Balaban J connectivity index is 0.000000170. The fraction of sp³-hybridized carbons (Fsp3) is 0.200. The molecule has 22 nitrogen and oxygen atoms in total. The third-order valence-electron chi connectivity index (χ3n) is 10.2. The Morgan fingerprint density at radius 2 is 0.863 bits per heavy atom. The molecule has 0 aliphatic heterocycles. The Labute approximate surface area is 429 Å². The van der Waals surface area contributed by atoms with Crippen molar-refractivity contribution in [3.63, 3.8) is 0 Å². The largest absolute Gasteiger partial charge is 0.346 e. The number of H-pyrrole nitrogens is 1. The maximum Gasteiger partial charge on any atom is 0.346 e. The van der Waals surface area contributed by atoms with Crippen LogP contribution in [0.1, 0.15) is 69.7 Å². The molecule has 0 radical (unpaired) electrons. The van der Waals surface area contributed by atoms with E-state index in [9.17, 15) is 37.9 Å². The van der Waals surface area contributed by atoms with E-state index in [0.29, 0.717) is 39.1 Å². The molecule has 0 spiro atoms. The molecule has 9 aromatic rings. The van der Waals surface area contributed by atoms with Crippen LogP contribution in [0, 0.1) is 20.8 Å². The zero-order chi connectivity index (χ0) is 53.6. The van der Waals surface area contributed by atoms with Gasteiger partial charge >= 0.3 is 15.2 Å². The van der Waals surface area contributed by atoms with Crippen LogP contribution in [0.5, 0.6) is 0 Å². The molecule has 0 aliphatic carbocycles. The number of alkyl halides is 1. The number of carbonyl (C=O) groups is 3. The van der Waals surface area contributed by atoms with Crippen LogP contribution >= 0.6 is 55.1 Å². The Bertz CT molecular complexity index is 3490. The highest BCUT2D eigenvalue weighted by Gasteiger charge is 2.23. The molecule has 380 valence electrons. The number of carbonyl (C=O) groups excluding carboxylic acids is 3. The van der Waals surface area contributed by atoms with E-state index >= 15 is 0 Å². The van der Waals surface area contributed by atoms with Gasteiger partial charge in [-0.05, 0) is 96.3 Å². The van der Waals surface area contributed by atoms with E-state index in [1.54, 1.807) is 68.4 Å². The normalized spacial score (nSPS) is 11.6. The van der Waals surface area contributed by atoms with Crippen LogP contribution in [0.4, 0.5) is 0 Å². The van der Waals surface area contributed by atoms with Gasteiger partial charge in [-0.2, -0.15) is 15.3 Å². The second-order valence-electron chi connectivity index (χ2n) is 16.0. The summed E-state index contributed by atoms with van der Waals surface area (Å²) < 4.78 is 35.1. The molecule has 73 heavy (non-hydrogen) atoms. The number of aryl methyl sites for hydroxylation is 3. The van der Waals surface area contributed by atoms with Gasteiger partial charge in [0, 0.05) is 90.8 Å². The molecule has 5 N–H and O–H groups in total. The molecule has 0 fully saturated rings. The lowest BCUT2D eigenvalue weighted by Crippen LogP contribution is -2.02. The highest BCUT2D eigenvalue weighted by atomic mass is 35.9. The fourth-order valence-electron chi connectivity index (χ4n) is 6.87. The highest BCUT2D eigenvalue weighted by Crippen LogP contribution is 2.58. The van der Waals surface area contributed by atoms with Crippen molar-refractivity contribution in [1.82, 2.24) is 59.7 Å². The average molecular weight is 1110 g/mol. The first-order valence-electron chi connectivity index (χ1n) is 21.2. The maximum absolute atomic E-state index is 11.9. The van der Waals surface area contributed by atoms with Crippen LogP contribution in [0.2, 0.25) is 0 Å². The second-order valence-corrected chi connectivity index (χ2v) is 25.1. The number of fused-ring (bicyclic) bond motifs is 3. The third-order valence-corrected chi connectivity index (χ3v) is 13.3. The van der Waals surface area contributed by atoms with Crippen LogP contribution in [0.15, 0.2) is 91.8 Å². The minimum atomic E-state index is -4.32. The fourth-order valence-corrected chi connectivity index (χ4v) is 8.57.